The molecule has 1 rings (SSSR count). The number of benzene rings is 1. The summed E-state index contributed by atoms with van der Waals surface area (Å²) in [7, 11) is -4.07. The number of rotatable bonds is 5. The molecule has 5 nitrogen and oxygen atoms in total. The second-order valence-electron chi connectivity index (χ2n) is 3.49. The Hall–Kier alpha value is -1.47. The van der Waals surface area contributed by atoms with E-state index in [9.17, 15) is 17.6 Å². The van der Waals surface area contributed by atoms with Crippen LogP contribution in [0.2, 0.25) is 0 Å². The van der Waals surface area contributed by atoms with Crippen molar-refractivity contribution in [3.05, 3.63) is 29.6 Å². The molecular formula is C11H13FO5S. The Kier molecular flexibility index (Phi) is 4.80. The first-order valence-electron chi connectivity index (χ1n) is 5.18. The number of sulfone groups is 1. The Balaban J connectivity index is 3.02. The lowest BCUT2D eigenvalue weighted by Gasteiger charge is -2.06. The molecule has 0 bridgehead atoms. The monoisotopic (exact) mass is 276 g/mol. The van der Waals surface area contributed by atoms with E-state index in [2.05, 4.69) is 4.74 Å². The van der Waals surface area contributed by atoms with Crippen LogP contribution in [0.1, 0.15) is 12.5 Å². The van der Waals surface area contributed by atoms with Crippen molar-refractivity contribution in [3.63, 3.8) is 0 Å². The molecular weight excluding hydrogens is 263 g/mol. The molecule has 0 saturated carbocycles. The first-order valence-corrected chi connectivity index (χ1v) is 6.83. The summed E-state index contributed by atoms with van der Waals surface area (Å²) in [6, 6.07) is 3.22. The molecule has 1 aromatic carbocycles. The SMILES string of the molecule is CCOC(=O)CS(=O)(=O)c1ccc(CO)cc1F. The van der Waals surface area contributed by atoms with E-state index in [1.807, 2.05) is 0 Å². The standard InChI is InChI=1S/C11H13FO5S/c1-2-17-11(14)7-18(15,16)10-4-3-8(6-13)5-9(10)12/h3-5,13H,2,6-7H2,1H3. The predicted octanol–water partition coefficient (Wildman–Crippen LogP) is 0.655. The number of halogens is 1. The molecule has 100 valence electrons. The number of carbonyl (C=O) groups excluding carboxylic acids is 1. The largest absolute Gasteiger partial charge is 0.465 e. The van der Waals surface area contributed by atoms with Gasteiger partial charge in [0, 0.05) is 0 Å². The number of hydrogen-bond acceptors (Lipinski definition) is 5. The molecule has 0 saturated heterocycles. The van der Waals surface area contributed by atoms with Crippen LogP contribution in [-0.2, 0) is 26.0 Å². The summed E-state index contributed by atoms with van der Waals surface area (Å²) in [4.78, 5) is 10.5. The fraction of sp³-hybridized carbons (Fsp3) is 0.364. The third kappa shape index (κ3) is 3.51. The van der Waals surface area contributed by atoms with Gasteiger partial charge in [-0.25, -0.2) is 12.8 Å². The Labute approximate surface area is 104 Å². The molecule has 0 aromatic heterocycles. The van der Waals surface area contributed by atoms with Gasteiger partial charge in [-0.2, -0.15) is 0 Å². The molecule has 0 amide bonds. The van der Waals surface area contributed by atoms with Gasteiger partial charge < -0.3 is 9.84 Å². The molecule has 0 aliphatic carbocycles. The van der Waals surface area contributed by atoms with Gasteiger partial charge in [0.2, 0.25) is 0 Å². The highest BCUT2D eigenvalue weighted by Gasteiger charge is 2.23. The van der Waals surface area contributed by atoms with Crippen LogP contribution in [0, 0.1) is 5.82 Å². The van der Waals surface area contributed by atoms with Crippen molar-refractivity contribution >= 4 is 15.8 Å². The number of carbonyl (C=O) groups is 1. The lowest BCUT2D eigenvalue weighted by Crippen LogP contribution is -2.19. The maximum atomic E-state index is 13.5. The molecule has 0 heterocycles. The normalized spacial score (nSPS) is 11.3. The smallest absolute Gasteiger partial charge is 0.321 e. The summed E-state index contributed by atoms with van der Waals surface area (Å²) in [6.45, 7) is 1.20. The molecule has 0 atom stereocenters. The molecule has 0 radical (unpaired) electrons. The Morgan fingerprint density at radius 3 is 2.61 bits per heavy atom. The van der Waals surface area contributed by atoms with Gasteiger partial charge in [0.15, 0.2) is 15.6 Å². The number of esters is 1. The number of aliphatic hydroxyl groups excluding tert-OH is 1. The maximum Gasteiger partial charge on any atom is 0.321 e. The predicted molar refractivity (Wildman–Crippen MR) is 61.0 cm³/mol. The van der Waals surface area contributed by atoms with Crippen LogP contribution < -0.4 is 0 Å². The zero-order valence-electron chi connectivity index (χ0n) is 9.72. The van der Waals surface area contributed by atoms with Crippen molar-refractivity contribution in [3.8, 4) is 0 Å². The minimum Gasteiger partial charge on any atom is -0.465 e. The van der Waals surface area contributed by atoms with E-state index in [1.54, 1.807) is 6.92 Å². The molecule has 0 unspecified atom stereocenters. The average Bonchev–Trinajstić information content (AvgIpc) is 2.27. The molecule has 1 N–H and O–H groups in total. The van der Waals surface area contributed by atoms with Gasteiger partial charge in [-0.1, -0.05) is 6.07 Å². The number of ether oxygens (including phenoxy) is 1. The van der Waals surface area contributed by atoms with Crippen LogP contribution in [0.25, 0.3) is 0 Å². The molecule has 1 aromatic rings. The third-order valence-electron chi connectivity index (χ3n) is 2.13. The zero-order valence-corrected chi connectivity index (χ0v) is 10.5. The molecule has 0 aliphatic rings. The Bertz CT molecular complexity index is 538. The molecule has 7 heteroatoms. The van der Waals surface area contributed by atoms with E-state index in [-0.39, 0.29) is 12.2 Å². The number of hydrogen-bond donors (Lipinski definition) is 1. The van der Waals surface area contributed by atoms with Crippen molar-refractivity contribution < 1.29 is 27.4 Å². The topological polar surface area (TPSA) is 80.7 Å². The van der Waals surface area contributed by atoms with Crippen molar-refractivity contribution in [2.24, 2.45) is 0 Å². The second-order valence-corrected chi connectivity index (χ2v) is 5.44. The number of aliphatic hydroxyl groups is 1. The summed E-state index contributed by atoms with van der Waals surface area (Å²) >= 11 is 0. The fourth-order valence-electron chi connectivity index (χ4n) is 1.33. The van der Waals surface area contributed by atoms with Gasteiger partial charge in [-0.3, -0.25) is 4.79 Å². The summed E-state index contributed by atoms with van der Waals surface area (Å²) in [5.74, 6) is -2.83. The van der Waals surface area contributed by atoms with E-state index in [1.165, 1.54) is 6.07 Å². The van der Waals surface area contributed by atoms with Gasteiger partial charge in [0.05, 0.1) is 13.2 Å². The molecule has 0 aliphatic heterocycles. The van der Waals surface area contributed by atoms with Crippen LogP contribution >= 0.6 is 0 Å². The quantitative estimate of drug-likeness (QED) is 0.799. The minimum atomic E-state index is -4.07. The van der Waals surface area contributed by atoms with Gasteiger partial charge in [-0.15, -0.1) is 0 Å². The van der Waals surface area contributed by atoms with Crippen molar-refractivity contribution in [2.75, 3.05) is 12.4 Å². The highest BCUT2D eigenvalue weighted by Crippen LogP contribution is 2.17. The van der Waals surface area contributed by atoms with Crippen LogP contribution in [0.5, 0.6) is 0 Å². The summed E-state index contributed by atoms with van der Waals surface area (Å²) < 4.78 is 41.5. The van der Waals surface area contributed by atoms with Gasteiger partial charge in [0.25, 0.3) is 0 Å². The van der Waals surface area contributed by atoms with Crippen molar-refractivity contribution in [1.82, 2.24) is 0 Å². The first-order chi connectivity index (χ1) is 8.40. The second kappa shape index (κ2) is 5.92. The third-order valence-corrected chi connectivity index (χ3v) is 3.74. The van der Waals surface area contributed by atoms with E-state index in [0.717, 1.165) is 12.1 Å². The van der Waals surface area contributed by atoms with Crippen LogP contribution in [0.3, 0.4) is 0 Å². The van der Waals surface area contributed by atoms with E-state index in [0.29, 0.717) is 0 Å². The lowest BCUT2D eigenvalue weighted by molar-refractivity contribution is -0.139. The van der Waals surface area contributed by atoms with Crippen molar-refractivity contribution in [2.45, 2.75) is 18.4 Å². The lowest BCUT2D eigenvalue weighted by atomic mass is 10.2. The van der Waals surface area contributed by atoms with E-state index in [4.69, 9.17) is 5.11 Å². The fourth-order valence-corrected chi connectivity index (χ4v) is 2.51. The molecule has 0 fully saturated rings. The van der Waals surface area contributed by atoms with Crippen LogP contribution in [0.4, 0.5) is 4.39 Å². The van der Waals surface area contributed by atoms with Crippen LogP contribution in [-0.4, -0.2) is 31.9 Å². The summed E-state index contributed by atoms with van der Waals surface area (Å²) in [5, 5.41) is 8.78. The minimum absolute atomic E-state index is 0.0558. The van der Waals surface area contributed by atoms with E-state index >= 15 is 0 Å². The zero-order chi connectivity index (χ0) is 13.8. The Morgan fingerprint density at radius 2 is 2.11 bits per heavy atom. The summed E-state index contributed by atoms with van der Waals surface area (Å²) in [6.07, 6.45) is 0. The highest BCUT2D eigenvalue weighted by molar-refractivity contribution is 7.92. The van der Waals surface area contributed by atoms with Gasteiger partial charge in [0.1, 0.15) is 10.7 Å². The van der Waals surface area contributed by atoms with Gasteiger partial charge >= 0.3 is 5.97 Å². The summed E-state index contributed by atoms with van der Waals surface area (Å²) in [5.41, 5.74) is 0.252. The molecule has 0 spiro atoms. The maximum absolute atomic E-state index is 13.5. The van der Waals surface area contributed by atoms with E-state index < -0.39 is 38.9 Å². The van der Waals surface area contributed by atoms with Crippen LogP contribution in [0.15, 0.2) is 23.1 Å². The van der Waals surface area contributed by atoms with Gasteiger partial charge in [-0.05, 0) is 24.6 Å². The Morgan fingerprint density at radius 1 is 1.44 bits per heavy atom. The highest BCUT2D eigenvalue weighted by atomic mass is 32.2. The van der Waals surface area contributed by atoms with Crippen molar-refractivity contribution in [1.29, 1.82) is 0 Å². The first kappa shape index (κ1) is 14.6. The average molecular weight is 276 g/mol. The molecule has 18 heavy (non-hydrogen) atoms.